The summed E-state index contributed by atoms with van der Waals surface area (Å²) in [5.74, 6) is 0.738. The third-order valence-corrected chi connectivity index (χ3v) is 13.5. The molecule has 37 heavy (non-hydrogen) atoms. The van der Waals surface area contributed by atoms with Crippen LogP contribution < -0.4 is 0 Å². The zero-order valence-electron chi connectivity index (χ0n) is 24.3. The van der Waals surface area contributed by atoms with E-state index in [9.17, 15) is 9.90 Å². The van der Waals surface area contributed by atoms with Crippen molar-refractivity contribution in [3.05, 3.63) is 0 Å². The number of aliphatic carboxylic acids is 1. The minimum Gasteiger partial charge on any atom is -0.479 e. The maximum Gasteiger partial charge on any atom is 0.335 e. The minimum atomic E-state index is -0.915. The van der Waals surface area contributed by atoms with Gasteiger partial charge >= 0.3 is 5.97 Å². The van der Waals surface area contributed by atoms with Crippen molar-refractivity contribution in [3.8, 4) is 0 Å². The standard InChI is InChI=1S/C31H50O6/c1-17-15-21-22-9-10-24(30(8)34-20(4)25(37-30)26(32)33)27(22,5)12-11-23(21)28(6)13-14-31(16-29(17,28)7)35-18(2)19(3)36-31/h17-25H,9-16H2,1-8H3,(H,32,33)/t17?,18?,19?,20?,21-,22-,23-,24?,25?,27-,28+,29?,30+,31?/m0/s1. The number of carboxylic acids is 1. The molecule has 2 saturated heterocycles. The number of fused-ring (bicyclic) bond motifs is 5. The third-order valence-electron chi connectivity index (χ3n) is 13.5. The highest BCUT2D eigenvalue weighted by atomic mass is 16.8. The molecule has 0 amide bonds. The van der Waals surface area contributed by atoms with Crippen molar-refractivity contribution in [2.75, 3.05) is 0 Å². The Morgan fingerprint density at radius 1 is 0.757 bits per heavy atom. The molecular weight excluding hydrogens is 468 g/mol. The molecule has 4 aliphatic carbocycles. The summed E-state index contributed by atoms with van der Waals surface area (Å²) in [5, 5.41) is 9.68. The van der Waals surface area contributed by atoms with E-state index in [4.69, 9.17) is 18.9 Å². The Morgan fingerprint density at radius 2 is 1.43 bits per heavy atom. The molecule has 0 radical (unpaired) electrons. The summed E-state index contributed by atoms with van der Waals surface area (Å²) in [7, 11) is 0. The van der Waals surface area contributed by atoms with Crippen molar-refractivity contribution in [1.29, 1.82) is 0 Å². The molecule has 6 aliphatic rings. The van der Waals surface area contributed by atoms with Gasteiger partial charge in [0.2, 0.25) is 0 Å². The fraction of sp³-hybridized carbons (Fsp3) is 0.968. The zero-order valence-corrected chi connectivity index (χ0v) is 24.3. The highest BCUT2D eigenvalue weighted by Gasteiger charge is 2.70. The van der Waals surface area contributed by atoms with Gasteiger partial charge in [0.05, 0.1) is 18.3 Å². The Morgan fingerprint density at radius 3 is 2.05 bits per heavy atom. The van der Waals surface area contributed by atoms with Crippen molar-refractivity contribution in [2.45, 2.75) is 143 Å². The van der Waals surface area contributed by atoms with Gasteiger partial charge in [-0.15, -0.1) is 0 Å². The first kappa shape index (κ1) is 26.5. The zero-order chi connectivity index (χ0) is 26.8. The van der Waals surface area contributed by atoms with Crippen LogP contribution in [0.5, 0.6) is 0 Å². The lowest BCUT2D eigenvalue weighted by atomic mass is 9.37. The molecule has 6 nitrogen and oxygen atoms in total. The molecule has 210 valence electrons. The van der Waals surface area contributed by atoms with E-state index in [0.29, 0.717) is 23.7 Å². The van der Waals surface area contributed by atoms with Crippen LogP contribution in [0.4, 0.5) is 0 Å². The first-order chi connectivity index (χ1) is 17.2. The monoisotopic (exact) mass is 518 g/mol. The molecule has 1 N–H and O–H groups in total. The molecule has 7 unspecified atom stereocenters. The van der Waals surface area contributed by atoms with Crippen LogP contribution in [0, 0.1) is 45.8 Å². The molecule has 6 fully saturated rings. The van der Waals surface area contributed by atoms with Crippen LogP contribution in [0.15, 0.2) is 0 Å². The summed E-state index contributed by atoms with van der Waals surface area (Å²) in [5.41, 5.74) is 0.579. The van der Waals surface area contributed by atoms with Gasteiger partial charge in [0.25, 0.3) is 0 Å². The van der Waals surface area contributed by atoms with Crippen LogP contribution in [0.3, 0.4) is 0 Å². The number of carbonyl (C=O) groups is 1. The number of hydrogen-bond acceptors (Lipinski definition) is 5. The quantitative estimate of drug-likeness (QED) is 0.456. The molecule has 4 saturated carbocycles. The number of rotatable bonds is 2. The summed E-state index contributed by atoms with van der Waals surface area (Å²) in [4.78, 5) is 11.8. The molecule has 0 aromatic rings. The van der Waals surface area contributed by atoms with Crippen LogP contribution in [-0.2, 0) is 23.7 Å². The third kappa shape index (κ3) is 3.47. The average Bonchev–Trinajstić information content (AvgIpc) is 3.41. The Labute approximate surface area is 223 Å². The van der Waals surface area contributed by atoms with E-state index in [0.717, 1.165) is 19.3 Å². The average molecular weight is 519 g/mol. The smallest absolute Gasteiger partial charge is 0.335 e. The van der Waals surface area contributed by atoms with E-state index in [1.54, 1.807) is 0 Å². The van der Waals surface area contributed by atoms with E-state index in [-0.39, 0.29) is 34.4 Å². The van der Waals surface area contributed by atoms with Crippen molar-refractivity contribution in [1.82, 2.24) is 0 Å². The van der Waals surface area contributed by atoms with Gasteiger partial charge in [0.15, 0.2) is 17.7 Å². The lowest BCUT2D eigenvalue weighted by Crippen LogP contribution is -2.63. The topological polar surface area (TPSA) is 74.2 Å². The van der Waals surface area contributed by atoms with Crippen LogP contribution in [0.2, 0.25) is 0 Å². The summed E-state index contributed by atoms with van der Waals surface area (Å²) in [6, 6.07) is 0. The molecule has 6 rings (SSSR count). The lowest BCUT2D eigenvalue weighted by Gasteiger charge is -2.68. The molecule has 2 heterocycles. The Balaban J connectivity index is 1.27. The molecular formula is C31H50O6. The molecule has 6 heteroatoms. The van der Waals surface area contributed by atoms with Crippen LogP contribution in [0.1, 0.15) is 107 Å². The van der Waals surface area contributed by atoms with Gasteiger partial charge in [-0.1, -0.05) is 27.7 Å². The minimum absolute atomic E-state index is 0.116. The predicted molar refractivity (Wildman–Crippen MR) is 140 cm³/mol. The van der Waals surface area contributed by atoms with Crippen molar-refractivity contribution in [3.63, 3.8) is 0 Å². The largest absolute Gasteiger partial charge is 0.479 e. The number of carboxylic acid groups (broad SMARTS) is 1. The second-order valence-electron chi connectivity index (χ2n) is 15.0. The van der Waals surface area contributed by atoms with Crippen molar-refractivity contribution < 1.29 is 28.8 Å². The maximum absolute atomic E-state index is 11.8. The molecule has 13 atom stereocenters. The summed E-state index contributed by atoms with van der Waals surface area (Å²) < 4.78 is 25.7. The number of hydrogen-bond donors (Lipinski definition) is 1. The summed E-state index contributed by atoms with van der Waals surface area (Å²) in [6.07, 6.45) is 8.13. The molecule has 0 aromatic carbocycles. The SMILES string of the molecule is CC1OC2(CC[C@]3(C)[C@H]4CC[C@]5(C)C([C@]6(C)OC(C)C(C(=O)O)O6)CC[C@H]5[C@@H]4CC(C)C3(C)C2)OC1C. The van der Waals surface area contributed by atoms with Gasteiger partial charge in [-0.05, 0) is 106 Å². The summed E-state index contributed by atoms with van der Waals surface area (Å²) >= 11 is 0. The highest BCUT2D eigenvalue weighted by Crippen LogP contribution is 2.74. The lowest BCUT2D eigenvalue weighted by molar-refractivity contribution is -0.281. The first-order valence-electron chi connectivity index (χ1n) is 15.1. The van der Waals surface area contributed by atoms with Gasteiger partial charge in [-0.3, -0.25) is 0 Å². The second kappa shape index (κ2) is 8.17. The summed E-state index contributed by atoms with van der Waals surface area (Å²) in [6.45, 7) is 18.3. The van der Waals surface area contributed by atoms with Gasteiger partial charge in [0, 0.05) is 18.8 Å². The van der Waals surface area contributed by atoms with Gasteiger partial charge in [-0.25, -0.2) is 4.79 Å². The highest BCUT2D eigenvalue weighted by molar-refractivity contribution is 5.73. The van der Waals surface area contributed by atoms with Gasteiger partial charge in [-0.2, -0.15) is 0 Å². The Bertz CT molecular complexity index is 942. The van der Waals surface area contributed by atoms with E-state index < -0.39 is 29.8 Å². The van der Waals surface area contributed by atoms with E-state index >= 15 is 0 Å². The van der Waals surface area contributed by atoms with Gasteiger partial charge < -0.3 is 24.1 Å². The fourth-order valence-corrected chi connectivity index (χ4v) is 11.2. The molecule has 0 bridgehead atoms. The maximum atomic E-state index is 11.8. The second-order valence-corrected chi connectivity index (χ2v) is 15.0. The normalized spacial score (nSPS) is 61.2. The van der Waals surface area contributed by atoms with Crippen LogP contribution in [0.25, 0.3) is 0 Å². The van der Waals surface area contributed by atoms with E-state index in [1.165, 1.54) is 32.1 Å². The molecule has 1 spiro atoms. The number of ether oxygens (including phenoxy) is 4. The van der Waals surface area contributed by atoms with Crippen LogP contribution >= 0.6 is 0 Å². The fourth-order valence-electron chi connectivity index (χ4n) is 11.2. The predicted octanol–water partition coefficient (Wildman–Crippen LogP) is 6.41. The Hall–Kier alpha value is -0.690. The first-order valence-corrected chi connectivity index (χ1v) is 15.1. The molecule has 0 aromatic heterocycles. The molecule has 2 aliphatic heterocycles. The van der Waals surface area contributed by atoms with E-state index in [2.05, 4.69) is 41.5 Å². The van der Waals surface area contributed by atoms with Crippen molar-refractivity contribution in [2.24, 2.45) is 45.8 Å². The Kier molecular flexibility index (Phi) is 5.86. The van der Waals surface area contributed by atoms with Crippen LogP contribution in [-0.4, -0.2) is 47.1 Å². The van der Waals surface area contributed by atoms with Gasteiger partial charge in [0.1, 0.15) is 0 Å². The van der Waals surface area contributed by atoms with Crippen molar-refractivity contribution >= 4 is 5.97 Å². The van der Waals surface area contributed by atoms with E-state index in [1.807, 2.05) is 13.8 Å².